The summed E-state index contributed by atoms with van der Waals surface area (Å²) in [5.74, 6) is 1.27. The van der Waals surface area contributed by atoms with E-state index in [4.69, 9.17) is 9.47 Å². The number of halogens is 1. The minimum atomic E-state index is -0.481. The predicted molar refractivity (Wildman–Crippen MR) is 132 cm³/mol. The SMILES string of the molecule is CNC(=O)Oc1cccc(CN(C)CCCOc2ccc(C(=O)c3ccccc3)cc2)c1.Cl. The van der Waals surface area contributed by atoms with Crippen molar-refractivity contribution in [1.29, 1.82) is 0 Å². The Labute approximate surface area is 200 Å². The summed E-state index contributed by atoms with van der Waals surface area (Å²) in [6, 6.07) is 24.0. The summed E-state index contributed by atoms with van der Waals surface area (Å²) in [6.07, 6.45) is 0.375. The van der Waals surface area contributed by atoms with Gasteiger partial charge >= 0.3 is 6.09 Å². The Balaban J connectivity index is 0.00000385. The van der Waals surface area contributed by atoms with Crippen LogP contribution in [0.4, 0.5) is 4.79 Å². The highest BCUT2D eigenvalue weighted by Crippen LogP contribution is 2.17. The minimum absolute atomic E-state index is 0. The lowest BCUT2D eigenvalue weighted by Crippen LogP contribution is -2.22. The number of hydrogen-bond donors (Lipinski definition) is 1. The molecular weight excluding hydrogens is 440 g/mol. The van der Waals surface area contributed by atoms with Crippen molar-refractivity contribution < 1.29 is 19.1 Å². The Morgan fingerprint density at radius 1 is 0.879 bits per heavy atom. The first-order chi connectivity index (χ1) is 15.5. The summed E-state index contributed by atoms with van der Waals surface area (Å²) >= 11 is 0. The van der Waals surface area contributed by atoms with Gasteiger partial charge in [-0.15, -0.1) is 12.4 Å². The fourth-order valence-corrected chi connectivity index (χ4v) is 3.24. The summed E-state index contributed by atoms with van der Waals surface area (Å²) in [7, 11) is 3.57. The van der Waals surface area contributed by atoms with Crippen LogP contribution in [0.3, 0.4) is 0 Å². The van der Waals surface area contributed by atoms with Gasteiger partial charge in [0.25, 0.3) is 0 Å². The van der Waals surface area contributed by atoms with Gasteiger partial charge in [0, 0.05) is 31.3 Å². The van der Waals surface area contributed by atoms with Gasteiger partial charge in [0.1, 0.15) is 11.5 Å². The van der Waals surface area contributed by atoms with Crippen molar-refractivity contribution in [3.63, 3.8) is 0 Å². The smallest absolute Gasteiger partial charge is 0.412 e. The van der Waals surface area contributed by atoms with Crippen LogP contribution >= 0.6 is 12.4 Å². The number of carbonyl (C=O) groups is 2. The average molecular weight is 469 g/mol. The molecule has 0 saturated carbocycles. The number of nitrogens with one attached hydrogen (secondary N) is 1. The lowest BCUT2D eigenvalue weighted by molar-refractivity contribution is 0.103. The third-order valence-corrected chi connectivity index (χ3v) is 4.87. The van der Waals surface area contributed by atoms with Crippen molar-refractivity contribution in [3.05, 3.63) is 95.6 Å². The summed E-state index contributed by atoms with van der Waals surface area (Å²) in [5, 5.41) is 2.44. The molecule has 0 aliphatic carbocycles. The monoisotopic (exact) mass is 468 g/mol. The molecule has 3 aromatic carbocycles. The van der Waals surface area contributed by atoms with Crippen LogP contribution in [0, 0.1) is 0 Å². The van der Waals surface area contributed by atoms with Crippen LogP contribution in [-0.2, 0) is 6.54 Å². The number of amides is 1. The van der Waals surface area contributed by atoms with Gasteiger partial charge in [-0.05, 0) is 55.4 Å². The summed E-state index contributed by atoms with van der Waals surface area (Å²) in [6.45, 7) is 2.17. The van der Waals surface area contributed by atoms with Crippen LogP contribution in [0.5, 0.6) is 11.5 Å². The van der Waals surface area contributed by atoms with Crippen molar-refractivity contribution >= 4 is 24.3 Å². The molecule has 0 spiro atoms. The van der Waals surface area contributed by atoms with Gasteiger partial charge in [-0.3, -0.25) is 4.79 Å². The van der Waals surface area contributed by atoms with Crippen LogP contribution in [0.2, 0.25) is 0 Å². The summed E-state index contributed by atoms with van der Waals surface area (Å²) in [4.78, 5) is 26.0. The maximum atomic E-state index is 12.5. The Bertz CT molecular complexity index is 1030. The van der Waals surface area contributed by atoms with Crippen LogP contribution in [-0.4, -0.2) is 44.0 Å². The third kappa shape index (κ3) is 8.25. The van der Waals surface area contributed by atoms with Gasteiger partial charge < -0.3 is 19.7 Å². The number of ketones is 1. The molecule has 0 atom stereocenters. The largest absolute Gasteiger partial charge is 0.494 e. The second-order valence-electron chi connectivity index (χ2n) is 7.45. The third-order valence-electron chi connectivity index (χ3n) is 4.87. The molecule has 1 amide bonds. The molecule has 6 nitrogen and oxygen atoms in total. The van der Waals surface area contributed by atoms with Crippen LogP contribution in [0.25, 0.3) is 0 Å². The topological polar surface area (TPSA) is 67.9 Å². The molecule has 0 unspecified atom stereocenters. The molecule has 0 heterocycles. The highest BCUT2D eigenvalue weighted by molar-refractivity contribution is 6.08. The van der Waals surface area contributed by atoms with E-state index in [2.05, 4.69) is 10.2 Å². The number of carbonyl (C=O) groups excluding carboxylic acids is 2. The Kier molecular flexibility index (Phi) is 10.4. The normalized spacial score (nSPS) is 10.3. The van der Waals surface area contributed by atoms with Crippen molar-refractivity contribution in [2.75, 3.05) is 27.2 Å². The van der Waals surface area contributed by atoms with Crippen molar-refractivity contribution in [2.45, 2.75) is 13.0 Å². The van der Waals surface area contributed by atoms with Crippen LogP contribution in [0.1, 0.15) is 27.9 Å². The zero-order valence-corrected chi connectivity index (χ0v) is 19.6. The molecule has 0 aromatic heterocycles. The van der Waals surface area contributed by atoms with Crippen molar-refractivity contribution in [2.24, 2.45) is 0 Å². The van der Waals surface area contributed by atoms with E-state index in [-0.39, 0.29) is 18.2 Å². The fraction of sp³-hybridized carbons (Fsp3) is 0.231. The van der Waals surface area contributed by atoms with E-state index in [0.29, 0.717) is 23.5 Å². The van der Waals surface area contributed by atoms with Crippen LogP contribution < -0.4 is 14.8 Å². The highest BCUT2D eigenvalue weighted by Gasteiger charge is 2.09. The zero-order valence-electron chi connectivity index (χ0n) is 18.8. The summed E-state index contributed by atoms with van der Waals surface area (Å²) < 4.78 is 11.0. The molecule has 0 aliphatic rings. The van der Waals surface area contributed by atoms with E-state index in [1.54, 1.807) is 18.2 Å². The van der Waals surface area contributed by atoms with Gasteiger partial charge in [-0.2, -0.15) is 0 Å². The maximum absolute atomic E-state index is 12.5. The number of benzene rings is 3. The first-order valence-corrected chi connectivity index (χ1v) is 10.5. The Hall–Kier alpha value is -3.35. The fourth-order valence-electron chi connectivity index (χ4n) is 3.24. The number of hydrogen-bond acceptors (Lipinski definition) is 5. The molecule has 0 radical (unpaired) electrons. The second kappa shape index (κ2) is 13.3. The number of nitrogens with zero attached hydrogens (tertiary/aromatic N) is 1. The molecule has 0 aliphatic heterocycles. The van der Waals surface area contributed by atoms with Gasteiger partial charge in [-0.1, -0.05) is 42.5 Å². The highest BCUT2D eigenvalue weighted by atomic mass is 35.5. The minimum Gasteiger partial charge on any atom is -0.494 e. The first kappa shape index (κ1) is 25.9. The molecule has 1 N–H and O–H groups in total. The van der Waals surface area contributed by atoms with Gasteiger partial charge in [0.15, 0.2) is 5.78 Å². The molecule has 3 aromatic rings. The van der Waals surface area contributed by atoms with Crippen molar-refractivity contribution in [3.8, 4) is 11.5 Å². The quantitative estimate of drug-likeness (QED) is 0.336. The first-order valence-electron chi connectivity index (χ1n) is 10.5. The Morgan fingerprint density at radius 2 is 1.58 bits per heavy atom. The van der Waals surface area contributed by atoms with E-state index in [9.17, 15) is 9.59 Å². The molecule has 0 bridgehead atoms. The molecule has 0 saturated heterocycles. The number of rotatable bonds is 10. The predicted octanol–water partition coefficient (Wildman–Crippen LogP) is 4.96. The van der Waals surface area contributed by atoms with Gasteiger partial charge in [0.2, 0.25) is 0 Å². The zero-order chi connectivity index (χ0) is 22.8. The maximum Gasteiger partial charge on any atom is 0.412 e. The van der Waals surface area contributed by atoms with E-state index >= 15 is 0 Å². The van der Waals surface area contributed by atoms with Gasteiger partial charge in [-0.25, -0.2) is 4.79 Å². The second-order valence-corrected chi connectivity index (χ2v) is 7.45. The Morgan fingerprint density at radius 3 is 2.27 bits per heavy atom. The molecule has 174 valence electrons. The van der Waals surface area contributed by atoms with E-state index in [0.717, 1.165) is 30.8 Å². The summed E-state index contributed by atoms with van der Waals surface area (Å²) in [5.41, 5.74) is 2.38. The van der Waals surface area contributed by atoms with E-state index < -0.39 is 6.09 Å². The van der Waals surface area contributed by atoms with Crippen molar-refractivity contribution in [1.82, 2.24) is 10.2 Å². The molecule has 33 heavy (non-hydrogen) atoms. The average Bonchev–Trinajstić information content (AvgIpc) is 2.82. The molecule has 3 rings (SSSR count). The van der Waals surface area contributed by atoms with E-state index in [1.807, 2.05) is 67.7 Å². The lowest BCUT2D eigenvalue weighted by Gasteiger charge is -2.17. The number of ether oxygens (including phenoxy) is 2. The van der Waals surface area contributed by atoms with E-state index in [1.165, 1.54) is 7.05 Å². The standard InChI is InChI=1S/C26H28N2O4.ClH/c1-27-26(30)32-24-11-6-8-20(18-24)19-28(2)16-7-17-31-23-14-12-22(13-15-23)25(29)21-9-4-3-5-10-21;/h3-6,8-15,18H,7,16-17,19H2,1-2H3,(H,27,30);1H. The van der Waals surface area contributed by atoms with Crippen LogP contribution in [0.15, 0.2) is 78.9 Å². The molecule has 7 heteroatoms. The molecule has 0 fully saturated rings. The van der Waals surface area contributed by atoms with Gasteiger partial charge in [0.05, 0.1) is 6.61 Å². The molecular formula is C26H29ClN2O4. The lowest BCUT2D eigenvalue weighted by atomic mass is 10.0.